The molecular formula is C10H18BrNO2. The predicted octanol–water partition coefficient (Wildman–Crippen LogP) is 1.80. The first-order chi connectivity index (χ1) is 6.49. The Balaban J connectivity index is 2.59. The maximum absolute atomic E-state index is 11.9. The number of amides is 1. The molecule has 0 spiro atoms. The number of nitrogens with zero attached hydrogens (tertiary/aromatic N) is 1. The van der Waals surface area contributed by atoms with Crippen molar-refractivity contribution in [1.29, 1.82) is 0 Å². The second kappa shape index (κ2) is 4.62. The Morgan fingerprint density at radius 1 is 1.64 bits per heavy atom. The summed E-state index contributed by atoms with van der Waals surface area (Å²) in [6.45, 7) is 4.79. The number of rotatable bonds is 3. The molecule has 4 heteroatoms. The third kappa shape index (κ3) is 2.48. The van der Waals surface area contributed by atoms with Crippen LogP contribution in [0.2, 0.25) is 0 Å². The van der Waals surface area contributed by atoms with E-state index in [4.69, 9.17) is 4.74 Å². The van der Waals surface area contributed by atoms with E-state index in [9.17, 15) is 4.79 Å². The number of halogens is 1. The quantitative estimate of drug-likeness (QED) is 0.727. The number of ether oxygens (including phenoxy) is 1. The van der Waals surface area contributed by atoms with Crippen LogP contribution in [0.1, 0.15) is 26.7 Å². The summed E-state index contributed by atoms with van der Waals surface area (Å²) in [5.74, 6) is 0.104. The van der Waals surface area contributed by atoms with Gasteiger partial charge in [0.05, 0.1) is 0 Å². The Kier molecular flexibility index (Phi) is 3.95. The van der Waals surface area contributed by atoms with E-state index < -0.39 is 0 Å². The maximum atomic E-state index is 11.9. The fraction of sp³-hybridized carbons (Fsp3) is 0.900. The van der Waals surface area contributed by atoms with Crippen molar-refractivity contribution in [3.05, 3.63) is 0 Å². The van der Waals surface area contributed by atoms with Crippen LogP contribution in [0.3, 0.4) is 0 Å². The fourth-order valence-corrected chi connectivity index (χ4v) is 1.75. The third-order valence-electron chi connectivity index (χ3n) is 2.77. The molecule has 3 nitrogen and oxygen atoms in total. The number of carbonyl (C=O) groups is 1. The molecule has 1 atom stereocenters. The molecule has 0 aromatic heterocycles. The topological polar surface area (TPSA) is 29.5 Å². The molecule has 1 aliphatic rings. The molecule has 14 heavy (non-hydrogen) atoms. The first-order valence-corrected chi connectivity index (χ1v) is 6.06. The van der Waals surface area contributed by atoms with Crippen LogP contribution in [-0.2, 0) is 9.53 Å². The van der Waals surface area contributed by atoms with Crippen molar-refractivity contribution < 1.29 is 9.53 Å². The van der Waals surface area contributed by atoms with Crippen molar-refractivity contribution in [2.24, 2.45) is 0 Å². The Labute approximate surface area is 93.9 Å². The zero-order valence-corrected chi connectivity index (χ0v) is 10.6. The molecule has 0 aromatic rings. The van der Waals surface area contributed by atoms with Crippen LogP contribution in [0, 0.1) is 0 Å². The van der Waals surface area contributed by atoms with Gasteiger partial charge < -0.3 is 9.64 Å². The SMILES string of the molecule is CN(C(=O)C1CCCO1)C(C)(C)CBr. The lowest BCUT2D eigenvalue weighted by Crippen LogP contribution is -2.50. The summed E-state index contributed by atoms with van der Waals surface area (Å²) >= 11 is 3.41. The molecule has 0 aliphatic carbocycles. The lowest BCUT2D eigenvalue weighted by atomic mass is 10.1. The van der Waals surface area contributed by atoms with Crippen LogP contribution in [0.25, 0.3) is 0 Å². The summed E-state index contributed by atoms with van der Waals surface area (Å²) in [6.07, 6.45) is 1.65. The average Bonchev–Trinajstić information content (AvgIpc) is 2.68. The molecule has 1 fully saturated rings. The van der Waals surface area contributed by atoms with E-state index in [0.717, 1.165) is 24.8 Å². The van der Waals surface area contributed by atoms with Crippen LogP contribution in [0.4, 0.5) is 0 Å². The highest BCUT2D eigenvalue weighted by Gasteiger charge is 2.33. The summed E-state index contributed by atoms with van der Waals surface area (Å²) in [5.41, 5.74) is -0.150. The van der Waals surface area contributed by atoms with Gasteiger partial charge in [-0.3, -0.25) is 4.79 Å². The van der Waals surface area contributed by atoms with Gasteiger partial charge in [0.2, 0.25) is 0 Å². The van der Waals surface area contributed by atoms with Crippen molar-refractivity contribution >= 4 is 21.8 Å². The van der Waals surface area contributed by atoms with Crippen LogP contribution in [0.5, 0.6) is 0 Å². The van der Waals surface area contributed by atoms with Gasteiger partial charge in [-0.25, -0.2) is 0 Å². The first kappa shape index (κ1) is 12.0. The van der Waals surface area contributed by atoms with Gasteiger partial charge in [0.1, 0.15) is 6.10 Å². The standard InChI is InChI=1S/C10H18BrNO2/c1-10(2,7-11)12(3)9(13)8-5-4-6-14-8/h8H,4-7H2,1-3H3. The highest BCUT2D eigenvalue weighted by molar-refractivity contribution is 9.09. The van der Waals surface area contributed by atoms with E-state index in [0.29, 0.717) is 0 Å². The lowest BCUT2D eigenvalue weighted by molar-refractivity contribution is -0.143. The lowest BCUT2D eigenvalue weighted by Gasteiger charge is -2.35. The van der Waals surface area contributed by atoms with E-state index in [-0.39, 0.29) is 17.6 Å². The van der Waals surface area contributed by atoms with E-state index >= 15 is 0 Å². The molecule has 1 aliphatic heterocycles. The third-order valence-corrected chi connectivity index (χ3v) is 4.14. The van der Waals surface area contributed by atoms with Crippen molar-refractivity contribution in [1.82, 2.24) is 4.90 Å². The maximum Gasteiger partial charge on any atom is 0.251 e. The number of alkyl halides is 1. The summed E-state index contributed by atoms with van der Waals surface area (Å²) in [5, 5.41) is 0.773. The van der Waals surface area contributed by atoms with Gasteiger partial charge in [0, 0.05) is 24.5 Å². The van der Waals surface area contributed by atoms with Gasteiger partial charge in [-0.05, 0) is 26.7 Å². The smallest absolute Gasteiger partial charge is 0.251 e. The zero-order valence-electron chi connectivity index (χ0n) is 9.05. The van der Waals surface area contributed by atoms with E-state index in [1.54, 1.807) is 4.90 Å². The Bertz CT molecular complexity index is 212. The molecule has 0 bridgehead atoms. The largest absolute Gasteiger partial charge is 0.368 e. The number of hydrogen-bond donors (Lipinski definition) is 0. The van der Waals surface area contributed by atoms with Gasteiger partial charge >= 0.3 is 0 Å². The molecule has 0 radical (unpaired) electrons. The molecule has 0 N–H and O–H groups in total. The molecular weight excluding hydrogens is 246 g/mol. The van der Waals surface area contributed by atoms with Crippen molar-refractivity contribution in [3.63, 3.8) is 0 Å². The molecule has 1 rings (SSSR count). The highest BCUT2D eigenvalue weighted by Crippen LogP contribution is 2.20. The Hall–Kier alpha value is -0.0900. The summed E-state index contributed by atoms with van der Waals surface area (Å²) in [7, 11) is 1.84. The van der Waals surface area contributed by atoms with E-state index in [2.05, 4.69) is 15.9 Å². The van der Waals surface area contributed by atoms with Crippen LogP contribution >= 0.6 is 15.9 Å². The molecule has 1 saturated heterocycles. The minimum absolute atomic E-state index is 0.104. The second-order valence-corrected chi connectivity index (χ2v) is 4.91. The average molecular weight is 264 g/mol. The summed E-state index contributed by atoms with van der Waals surface area (Å²) in [4.78, 5) is 13.7. The first-order valence-electron chi connectivity index (χ1n) is 4.94. The van der Waals surface area contributed by atoms with Crippen molar-refractivity contribution in [2.45, 2.75) is 38.3 Å². The zero-order chi connectivity index (χ0) is 10.8. The van der Waals surface area contributed by atoms with Gasteiger partial charge in [0.25, 0.3) is 5.91 Å². The molecule has 1 heterocycles. The number of carbonyl (C=O) groups excluding carboxylic acids is 1. The predicted molar refractivity (Wildman–Crippen MR) is 59.6 cm³/mol. The number of hydrogen-bond acceptors (Lipinski definition) is 2. The second-order valence-electron chi connectivity index (χ2n) is 4.34. The summed E-state index contributed by atoms with van der Waals surface area (Å²) < 4.78 is 5.37. The normalized spacial score (nSPS) is 22.4. The van der Waals surface area contributed by atoms with Gasteiger partial charge in [-0.1, -0.05) is 15.9 Å². The minimum atomic E-state index is -0.210. The molecule has 0 aromatic carbocycles. The van der Waals surface area contributed by atoms with Crippen molar-refractivity contribution in [3.8, 4) is 0 Å². The fourth-order valence-electron chi connectivity index (χ4n) is 1.38. The monoisotopic (exact) mass is 263 g/mol. The van der Waals surface area contributed by atoms with E-state index in [1.807, 2.05) is 20.9 Å². The van der Waals surface area contributed by atoms with E-state index in [1.165, 1.54) is 0 Å². The summed E-state index contributed by atoms with van der Waals surface area (Å²) in [6, 6.07) is 0. The van der Waals surface area contributed by atoms with Gasteiger partial charge in [-0.15, -0.1) is 0 Å². The molecule has 0 saturated carbocycles. The molecule has 1 unspecified atom stereocenters. The van der Waals surface area contributed by atoms with Crippen LogP contribution < -0.4 is 0 Å². The van der Waals surface area contributed by atoms with Gasteiger partial charge in [-0.2, -0.15) is 0 Å². The molecule has 1 amide bonds. The Morgan fingerprint density at radius 2 is 2.29 bits per heavy atom. The minimum Gasteiger partial charge on any atom is -0.368 e. The highest BCUT2D eigenvalue weighted by atomic mass is 79.9. The van der Waals surface area contributed by atoms with Crippen molar-refractivity contribution in [2.75, 3.05) is 19.0 Å². The van der Waals surface area contributed by atoms with Crippen LogP contribution in [-0.4, -0.2) is 41.4 Å². The Morgan fingerprint density at radius 3 is 2.71 bits per heavy atom. The van der Waals surface area contributed by atoms with Gasteiger partial charge in [0.15, 0.2) is 0 Å². The molecule has 82 valence electrons. The van der Waals surface area contributed by atoms with Crippen LogP contribution in [0.15, 0.2) is 0 Å². The number of likely N-dealkylation sites (N-methyl/N-ethyl adjacent to an activating group) is 1.